The highest BCUT2D eigenvalue weighted by Crippen LogP contribution is 2.24. The van der Waals surface area contributed by atoms with E-state index in [0.717, 1.165) is 6.54 Å². The molecule has 2 rings (SSSR count). The van der Waals surface area contributed by atoms with Crippen molar-refractivity contribution in [3.05, 3.63) is 23.0 Å². The third-order valence-corrected chi connectivity index (χ3v) is 3.67. The van der Waals surface area contributed by atoms with Gasteiger partial charge >= 0.3 is 0 Å². The minimum absolute atomic E-state index is 0.244. The van der Waals surface area contributed by atoms with Crippen molar-refractivity contribution in [2.75, 3.05) is 5.73 Å². The normalized spacial score (nSPS) is 11.5. The van der Waals surface area contributed by atoms with Crippen LogP contribution in [0.2, 0.25) is 0 Å². The average Bonchev–Trinajstić information content (AvgIpc) is 2.96. The fraction of sp³-hybridized carbons (Fsp3) is 0.455. The number of anilines is 1. The molecule has 0 atom stereocenters. The van der Waals surface area contributed by atoms with E-state index in [0.29, 0.717) is 15.8 Å². The van der Waals surface area contributed by atoms with Gasteiger partial charge in [0.1, 0.15) is 10.7 Å². The number of nitrogens with zero attached hydrogens (tertiary/aromatic N) is 4. The number of nitrogen functional groups attached to an aromatic ring is 1. The van der Waals surface area contributed by atoms with Gasteiger partial charge in [-0.2, -0.15) is 5.10 Å². The predicted molar refractivity (Wildman–Crippen MR) is 72.7 cm³/mol. The molecule has 2 aromatic rings. The highest BCUT2D eigenvalue weighted by molar-refractivity contribution is 7.15. The second kappa shape index (κ2) is 4.96. The summed E-state index contributed by atoms with van der Waals surface area (Å²) in [5, 5.41) is 15.8. The summed E-state index contributed by atoms with van der Waals surface area (Å²) in [6.07, 6.45) is 1.77. The Labute approximate surface area is 114 Å². The zero-order valence-corrected chi connectivity index (χ0v) is 11.9. The number of nitrogens with two attached hydrogens (primary N) is 1. The van der Waals surface area contributed by atoms with Crippen LogP contribution < -0.4 is 11.1 Å². The minimum Gasteiger partial charge on any atom is -0.374 e. The zero-order valence-electron chi connectivity index (χ0n) is 11.0. The minimum atomic E-state index is -0.637. The molecule has 0 radical (unpaired) electrons. The maximum absolute atomic E-state index is 12.1. The van der Waals surface area contributed by atoms with E-state index in [1.165, 1.54) is 11.3 Å². The van der Waals surface area contributed by atoms with E-state index in [1.807, 2.05) is 20.8 Å². The topological polar surface area (TPSA) is 98.7 Å². The summed E-state index contributed by atoms with van der Waals surface area (Å²) >= 11 is 1.26. The van der Waals surface area contributed by atoms with Crippen LogP contribution in [0.15, 0.2) is 12.3 Å². The molecule has 0 aliphatic carbocycles. The predicted octanol–water partition coefficient (Wildman–Crippen LogP) is 1.00. The molecule has 0 aliphatic heterocycles. The summed E-state index contributed by atoms with van der Waals surface area (Å²) < 4.78 is 1.70. The number of rotatable bonds is 4. The molecule has 2 heterocycles. The van der Waals surface area contributed by atoms with Gasteiger partial charge in [0.25, 0.3) is 5.91 Å². The van der Waals surface area contributed by atoms with Crippen LogP contribution in [-0.2, 0) is 12.1 Å². The van der Waals surface area contributed by atoms with Crippen molar-refractivity contribution in [1.82, 2.24) is 25.3 Å². The number of amides is 1. The lowest BCUT2D eigenvalue weighted by molar-refractivity contribution is 0.0905. The SMILES string of the molecule is CCn1ccc(C(=O)NC(C)(C)c2nnc(N)s2)n1. The van der Waals surface area contributed by atoms with E-state index in [4.69, 9.17) is 5.73 Å². The first-order valence-corrected chi connectivity index (χ1v) is 6.69. The molecule has 0 saturated heterocycles. The van der Waals surface area contributed by atoms with Crippen LogP contribution in [-0.4, -0.2) is 25.9 Å². The third-order valence-electron chi connectivity index (χ3n) is 2.60. The zero-order chi connectivity index (χ0) is 14.0. The average molecular weight is 280 g/mol. The molecular formula is C11H16N6OS. The van der Waals surface area contributed by atoms with Crippen LogP contribution in [0.4, 0.5) is 5.13 Å². The lowest BCUT2D eigenvalue weighted by Crippen LogP contribution is -2.41. The van der Waals surface area contributed by atoms with Gasteiger partial charge in [-0.3, -0.25) is 9.48 Å². The Morgan fingerprint density at radius 1 is 1.53 bits per heavy atom. The van der Waals surface area contributed by atoms with Gasteiger partial charge in [0.05, 0.1) is 5.54 Å². The Kier molecular flexibility index (Phi) is 3.52. The van der Waals surface area contributed by atoms with E-state index in [9.17, 15) is 4.79 Å². The number of carbonyl (C=O) groups is 1. The first-order valence-electron chi connectivity index (χ1n) is 5.88. The van der Waals surface area contributed by atoms with Crippen molar-refractivity contribution in [3.8, 4) is 0 Å². The van der Waals surface area contributed by atoms with Crippen molar-refractivity contribution in [1.29, 1.82) is 0 Å². The number of hydrogen-bond donors (Lipinski definition) is 2. The Balaban J connectivity index is 2.13. The van der Waals surface area contributed by atoms with E-state index in [2.05, 4.69) is 20.6 Å². The Hall–Kier alpha value is -1.96. The summed E-state index contributed by atoms with van der Waals surface area (Å²) in [4.78, 5) is 12.1. The standard InChI is InChI=1S/C11H16N6OS/c1-4-17-6-5-7(16-17)8(18)13-11(2,3)9-14-15-10(12)19-9/h5-6H,4H2,1-3H3,(H2,12,15)(H,13,18). The maximum Gasteiger partial charge on any atom is 0.272 e. The molecule has 0 bridgehead atoms. The van der Waals surface area contributed by atoms with Gasteiger partial charge in [-0.15, -0.1) is 10.2 Å². The van der Waals surface area contributed by atoms with E-state index < -0.39 is 5.54 Å². The van der Waals surface area contributed by atoms with E-state index in [1.54, 1.807) is 16.9 Å². The molecule has 0 aliphatic rings. The first-order chi connectivity index (χ1) is 8.92. The van der Waals surface area contributed by atoms with Gasteiger partial charge in [-0.25, -0.2) is 0 Å². The third kappa shape index (κ3) is 2.90. The summed E-state index contributed by atoms with van der Waals surface area (Å²) in [7, 11) is 0. The fourth-order valence-corrected chi connectivity index (χ4v) is 2.21. The number of hydrogen-bond acceptors (Lipinski definition) is 6. The molecule has 0 fully saturated rings. The molecule has 0 aromatic carbocycles. The molecule has 3 N–H and O–H groups in total. The number of carbonyl (C=O) groups excluding carboxylic acids is 1. The second-order valence-electron chi connectivity index (χ2n) is 4.58. The molecular weight excluding hydrogens is 264 g/mol. The summed E-state index contributed by atoms with van der Waals surface area (Å²) in [6.45, 7) is 6.38. The molecule has 19 heavy (non-hydrogen) atoms. The molecule has 0 spiro atoms. The second-order valence-corrected chi connectivity index (χ2v) is 5.59. The van der Waals surface area contributed by atoms with Crippen molar-refractivity contribution in [2.45, 2.75) is 32.9 Å². The highest BCUT2D eigenvalue weighted by Gasteiger charge is 2.28. The van der Waals surface area contributed by atoms with E-state index in [-0.39, 0.29) is 5.91 Å². The van der Waals surface area contributed by atoms with Crippen LogP contribution in [0, 0.1) is 0 Å². The molecule has 2 aromatic heterocycles. The van der Waals surface area contributed by atoms with Crippen molar-refractivity contribution >= 4 is 22.4 Å². The van der Waals surface area contributed by atoms with Crippen LogP contribution >= 0.6 is 11.3 Å². The lowest BCUT2D eigenvalue weighted by Gasteiger charge is -2.22. The molecule has 7 nitrogen and oxygen atoms in total. The summed E-state index contributed by atoms with van der Waals surface area (Å²) in [5.74, 6) is -0.244. The highest BCUT2D eigenvalue weighted by atomic mass is 32.1. The van der Waals surface area contributed by atoms with Gasteiger partial charge in [0.2, 0.25) is 5.13 Å². The molecule has 1 amide bonds. The van der Waals surface area contributed by atoms with Crippen molar-refractivity contribution in [3.63, 3.8) is 0 Å². The van der Waals surface area contributed by atoms with Gasteiger partial charge in [0.15, 0.2) is 0 Å². The Bertz CT molecular complexity index is 588. The number of aromatic nitrogens is 4. The maximum atomic E-state index is 12.1. The molecule has 0 unspecified atom stereocenters. The van der Waals surface area contributed by atoms with Crippen molar-refractivity contribution < 1.29 is 4.79 Å². The monoisotopic (exact) mass is 280 g/mol. The molecule has 8 heteroatoms. The fourth-order valence-electron chi connectivity index (χ4n) is 1.55. The van der Waals surface area contributed by atoms with Gasteiger partial charge in [-0.05, 0) is 26.8 Å². The van der Waals surface area contributed by atoms with Crippen LogP contribution in [0.5, 0.6) is 0 Å². The van der Waals surface area contributed by atoms with Crippen LogP contribution in [0.25, 0.3) is 0 Å². The number of nitrogens with one attached hydrogen (secondary N) is 1. The summed E-state index contributed by atoms with van der Waals surface area (Å²) in [5.41, 5.74) is 5.30. The van der Waals surface area contributed by atoms with Gasteiger partial charge < -0.3 is 11.1 Å². The summed E-state index contributed by atoms with van der Waals surface area (Å²) in [6, 6.07) is 1.68. The van der Waals surface area contributed by atoms with Gasteiger partial charge in [-0.1, -0.05) is 11.3 Å². The largest absolute Gasteiger partial charge is 0.374 e. The van der Waals surface area contributed by atoms with Gasteiger partial charge in [0, 0.05) is 12.7 Å². The Morgan fingerprint density at radius 2 is 2.26 bits per heavy atom. The molecule has 0 saturated carbocycles. The van der Waals surface area contributed by atoms with E-state index >= 15 is 0 Å². The van der Waals surface area contributed by atoms with Crippen LogP contribution in [0.3, 0.4) is 0 Å². The van der Waals surface area contributed by atoms with Crippen LogP contribution in [0.1, 0.15) is 36.3 Å². The quantitative estimate of drug-likeness (QED) is 0.870. The molecule has 102 valence electrons. The Morgan fingerprint density at radius 3 is 2.79 bits per heavy atom. The van der Waals surface area contributed by atoms with Crippen molar-refractivity contribution in [2.24, 2.45) is 0 Å². The number of aryl methyl sites for hydroxylation is 1. The first kappa shape index (κ1) is 13.5. The smallest absolute Gasteiger partial charge is 0.272 e. The lowest BCUT2D eigenvalue weighted by atomic mass is 10.1.